The van der Waals surface area contributed by atoms with Crippen LogP contribution in [0.2, 0.25) is 0 Å². The number of carbonyl (C=O) groups is 1. The molecule has 1 unspecified atom stereocenters. The third kappa shape index (κ3) is 3.39. The van der Waals surface area contributed by atoms with Crippen molar-refractivity contribution < 1.29 is 4.79 Å². The third-order valence-electron chi connectivity index (χ3n) is 3.53. The summed E-state index contributed by atoms with van der Waals surface area (Å²) >= 11 is 6.84. The zero-order valence-corrected chi connectivity index (χ0v) is 14.7. The lowest BCUT2D eigenvalue weighted by atomic mass is 9.95. The molecule has 0 radical (unpaired) electrons. The van der Waals surface area contributed by atoms with Crippen LogP contribution in [0.15, 0.2) is 51.4 Å². The van der Waals surface area contributed by atoms with Crippen molar-refractivity contribution in [1.82, 2.24) is 0 Å². The topological polar surface area (TPSA) is 17.1 Å². The second-order valence-corrected chi connectivity index (χ2v) is 6.65. The fourth-order valence-electron chi connectivity index (χ4n) is 2.03. The van der Waals surface area contributed by atoms with Gasteiger partial charge in [0.15, 0.2) is 5.78 Å². The van der Waals surface area contributed by atoms with Crippen LogP contribution in [0.1, 0.15) is 47.7 Å². The van der Waals surface area contributed by atoms with Crippen LogP contribution in [0.5, 0.6) is 0 Å². The first-order chi connectivity index (χ1) is 9.52. The first-order valence-electron chi connectivity index (χ1n) is 6.62. The summed E-state index contributed by atoms with van der Waals surface area (Å²) in [5.74, 6) is 0.561. The van der Waals surface area contributed by atoms with E-state index in [0.29, 0.717) is 11.5 Å². The van der Waals surface area contributed by atoms with E-state index in [-0.39, 0.29) is 5.78 Å². The van der Waals surface area contributed by atoms with Gasteiger partial charge < -0.3 is 0 Å². The first kappa shape index (κ1) is 15.5. The highest BCUT2D eigenvalue weighted by Crippen LogP contribution is 2.25. The highest BCUT2D eigenvalue weighted by Gasteiger charge is 2.13. The van der Waals surface area contributed by atoms with E-state index in [9.17, 15) is 4.79 Å². The second kappa shape index (κ2) is 6.68. The molecule has 0 bridgehead atoms. The number of halogens is 2. The summed E-state index contributed by atoms with van der Waals surface area (Å²) < 4.78 is 1.72. The Morgan fingerprint density at radius 3 is 2.35 bits per heavy atom. The molecule has 0 amide bonds. The molecule has 2 aromatic carbocycles. The van der Waals surface area contributed by atoms with Crippen molar-refractivity contribution in [2.75, 3.05) is 0 Å². The molecule has 0 aliphatic carbocycles. The molecular weight excluding hydrogens is 380 g/mol. The maximum Gasteiger partial charge on any atom is 0.194 e. The van der Waals surface area contributed by atoms with Gasteiger partial charge in [0.2, 0.25) is 0 Å². The van der Waals surface area contributed by atoms with Crippen LogP contribution in [0.25, 0.3) is 0 Å². The number of hydrogen-bond donors (Lipinski definition) is 0. The lowest BCUT2D eigenvalue weighted by Gasteiger charge is -2.10. The van der Waals surface area contributed by atoms with Gasteiger partial charge in [-0.2, -0.15) is 0 Å². The molecule has 2 rings (SSSR count). The van der Waals surface area contributed by atoms with Crippen molar-refractivity contribution in [2.24, 2.45) is 0 Å². The number of carbonyl (C=O) groups excluding carboxylic acids is 1. The summed E-state index contributed by atoms with van der Waals surface area (Å²) in [5.41, 5.74) is 2.67. The molecule has 20 heavy (non-hydrogen) atoms. The van der Waals surface area contributed by atoms with Crippen molar-refractivity contribution in [2.45, 2.75) is 26.2 Å². The SMILES string of the molecule is CCC(C)c1ccc(C(=O)c2cc(Br)ccc2Br)cc1. The molecule has 1 nitrogen and oxygen atoms in total. The minimum Gasteiger partial charge on any atom is -0.289 e. The normalized spacial score (nSPS) is 12.2. The van der Waals surface area contributed by atoms with Crippen LogP contribution >= 0.6 is 31.9 Å². The predicted octanol–water partition coefficient (Wildman–Crippen LogP) is 5.96. The van der Waals surface area contributed by atoms with Crippen LogP contribution in [0, 0.1) is 0 Å². The monoisotopic (exact) mass is 394 g/mol. The number of ketones is 1. The third-order valence-corrected chi connectivity index (χ3v) is 4.71. The number of hydrogen-bond acceptors (Lipinski definition) is 1. The smallest absolute Gasteiger partial charge is 0.194 e. The molecule has 3 heteroatoms. The fraction of sp³-hybridized carbons (Fsp3) is 0.235. The predicted molar refractivity (Wildman–Crippen MR) is 90.4 cm³/mol. The van der Waals surface area contributed by atoms with E-state index >= 15 is 0 Å². The maximum atomic E-state index is 12.5. The largest absolute Gasteiger partial charge is 0.289 e. The Morgan fingerprint density at radius 1 is 1.10 bits per heavy atom. The van der Waals surface area contributed by atoms with Crippen molar-refractivity contribution in [3.63, 3.8) is 0 Å². The Hall–Kier alpha value is -0.930. The standard InChI is InChI=1S/C17H16Br2O/c1-3-11(2)12-4-6-13(7-5-12)17(20)15-10-14(18)8-9-16(15)19/h4-11H,3H2,1-2H3. The Kier molecular flexibility index (Phi) is 5.17. The minimum absolute atomic E-state index is 0.0360. The lowest BCUT2D eigenvalue weighted by Crippen LogP contribution is -2.03. The molecule has 0 heterocycles. The van der Waals surface area contributed by atoms with Crippen LogP contribution in [0.3, 0.4) is 0 Å². The Bertz CT molecular complexity index is 617. The summed E-state index contributed by atoms with van der Waals surface area (Å²) in [4.78, 5) is 12.5. The summed E-state index contributed by atoms with van der Waals surface area (Å²) in [6.07, 6.45) is 1.10. The van der Waals surface area contributed by atoms with E-state index < -0.39 is 0 Å². The molecular formula is C17H16Br2O. The van der Waals surface area contributed by atoms with Gasteiger partial charge in [0, 0.05) is 20.1 Å². The molecule has 0 saturated heterocycles. The fourth-order valence-corrected chi connectivity index (χ4v) is 2.81. The van der Waals surface area contributed by atoms with E-state index in [2.05, 4.69) is 45.7 Å². The van der Waals surface area contributed by atoms with Crippen LogP contribution in [-0.2, 0) is 0 Å². The molecule has 0 N–H and O–H groups in total. The van der Waals surface area contributed by atoms with Crippen LogP contribution in [-0.4, -0.2) is 5.78 Å². The van der Waals surface area contributed by atoms with Gasteiger partial charge in [0.25, 0.3) is 0 Å². The van der Waals surface area contributed by atoms with Gasteiger partial charge in [0.1, 0.15) is 0 Å². The highest BCUT2D eigenvalue weighted by atomic mass is 79.9. The van der Waals surface area contributed by atoms with E-state index in [4.69, 9.17) is 0 Å². The summed E-state index contributed by atoms with van der Waals surface area (Å²) in [5, 5.41) is 0. The van der Waals surface area contributed by atoms with E-state index in [1.807, 2.05) is 42.5 Å². The van der Waals surface area contributed by atoms with Gasteiger partial charge in [-0.15, -0.1) is 0 Å². The summed E-state index contributed by atoms with van der Waals surface area (Å²) in [7, 11) is 0. The van der Waals surface area contributed by atoms with Gasteiger partial charge >= 0.3 is 0 Å². The molecule has 2 aromatic rings. The molecule has 0 saturated carbocycles. The van der Waals surface area contributed by atoms with Crippen molar-refractivity contribution in [1.29, 1.82) is 0 Å². The molecule has 104 valence electrons. The van der Waals surface area contributed by atoms with Gasteiger partial charge in [-0.05, 0) is 36.1 Å². The average Bonchev–Trinajstić information content (AvgIpc) is 2.48. The van der Waals surface area contributed by atoms with E-state index in [0.717, 1.165) is 20.9 Å². The second-order valence-electron chi connectivity index (χ2n) is 4.88. The molecule has 0 aliphatic rings. The highest BCUT2D eigenvalue weighted by molar-refractivity contribution is 9.11. The zero-order chi connectivity index (χ0) is 14.7. The van der Waals surface area contributed by atoms with Crippen molar-refractivity contribution in [3.05, 3.63) is 68.1 Å². The van der Waals surface area contributed by atoms with Gasteiger partial charge in [-0.3, -0.25) is 4.79 Å². The van der Waals surface area contributed by atoms with Crippen LogP contribution < -0.4 is 0 Å². The minimum atomic E-state index is 0.0360. The molecule has 0 aromatic heterocycles. The summed E-state index contributed by atoms with van der Waals surface area (Å²) in [6, 6.07) is 13.6. The van der Waals surface area contributed by atoms with E-state index in [1.165, 1.54) is 5.56 Å². The lowest BCUT2D eigenvalue weighted by molar-refractivity contribution is 0.103. The molecule has 0 spiro atoms. The van der Waals surface area contributed by atoms with E-state index in [1.54, 1.807) is 0 Å². The van der Waals surface area contributed by atoms with Crippen LogP contribution in [0.4, 0.5) is 0 Å². The van der Waals surface area contributed by atoms with Crippen molar-refractivity contribution >= 4 is 37.6 Å². The first-order valence-corrected chi connectivity index (χ1v) is 8.21. The zero-order valence-electron chi connectivity index (χ0n) is 11.5. The number of benzene rings is 2. The molecule has 1 atom stereocenters. The maximum absolute atomic E-state index is 12.5. The Labute approximate surface area is 136 Å². The van der Waals surface area contributed by atoms with Gasteiger partial charge in [-0.1, -0.05) is 70.0 Å². The van der Waals surface area contributed by atoms with Gasteiger partial charge in [-0.25, -0.2) is 0 Å². The quantitative estimate of drug-likeness (QED) is 0.584. The Balaban J connectivity index is 2.32. The van der Waals surface area contributed by atoms with Gasteiger partial charge in [0.05, 0.1) is 0 Å². The number of rotatable bonds is 4. The molecule has 0 fully saturated rings. The Morgan fingerprint density at radius 2 is 1.75 bits per heavy atom. The summed E-state index contributed by atoms with van der Waals surface area (Å²) in [6.45, 7) is 4.37. The molecule has 0 aliphatic heterocycles. The average molecular weight is 396 g/mol. The van der Waals surface area contributed by atoms with Crippen molar-refractivity contribution in [3.8, 4) is 0 Å².